The summed E-state index contributed by atoms with van der Waals surface area (Å²) >= 11 is 1.39. The molecule has 0 fully saturated rings. The number of hydrogen-bond acceptors (Lipinski definition) is 3. The fourth-order valence-electron chi connectivity index (χ4n) is 1.41. The minimum absolute atomic E-state index is 0.246. The van der Waals surface area contributed by atoms with Gasteiger partial charge >= 0.3 is 0 Å². The Balaban J connectivity index is 2.61. The molecule has 0 aliphatic carbocycles. The molecular formula is C10H10FNOS. The van der Waals surface area contributed by atoms with Crippen molar-refractivity contribution in [3.63, 3.8) is 0 Å². The zero-order chi connectivity index (χ0) is 10.1. The van der Waals surface area contributed by atoms with E-state index >= 15 is 0 Å². The van der Waals surface area contributed by atoms with Gasteiger partial charge in [0.2, 0.25) is 0 Å². The molecule has 2 rings (SSSR count). The van der Waals surface area contributed by atoms with E-state index in [1.807, 2.05) is 0 Å². The van der Waals surface area contributed by atoms with Gasteiger partial charge in [0.05, 0.1) is 0 Å². The molecule has 2 nitrogen and oxygen atoms in total. The van der Waals surface area contributed by atoms with Crippen LogP contribution < -0.4 is 5.73 Å². The number of benzene rings is 1. The molecule has 3 N–H and O–H groups in total. The summed E-state index contributed by atoms with van der Waals surface area (Å²) in [6.45, 7) is 0.489. The fourth-order valence-corrected chi connectivity index (χ4v) is 2.55. The molecule has 0 saturated carbocycles. The Morgan fingerprint density at radius 3 is 2.93 bits per heavy atom. The monoisotopic (exact) mass is 211 g/mol. The molecule has 0 bridgehead atoms. The Bertz CT molecular complexity index is 466. The molecule has 0 unspecified atom stereocenters. The van der Waals surface area contributed by atoms with E-state index in [2.05, 4.69) is 0 Å². The Hall–Kier alpha value is -1.13. The zero-order valence-corrected chi connectivity index (χ0v) is 8.27. The van der Waals surface area contributed by atoms with E-state index in [0.717, 1.165) is 9.58 Å². The van der Waals surface area contributed by atoms with Gasteiger partial charge in [-0.25, -0.2) is 4.39 Å². The van der Waals surface area contributed by atoms with Crippen molar-refractivity contribution >= 4 is 21.4 Å². The van der Waals surface area contributed by atoms with Crippen LogP contribution in [0.3, 0.4) is 0 Å². The summed E-state index contributed by atoms with van der Waals surface area (Å²) in [6.07, 6.45) is 0.632. The molecule has 0 aliphatic rings. The predicted octanol–water partition coefficient (Wildman–Crippen LogP) is 2.25. The van der Waals surface area contributed by atoms with Crippen LogP contribution in [0, 0.1) is 5.82 Å². The second-order valence-electron chi connectivity index (χ2n) is 3.05. The lowest BCUT2D eigenvalue weighted by Crippen LogP contribution is -2.00. The topological polar surface area (TPSA) is 46.2 Å². The van der Waals surface area contributed by atoms with Crippen molar-refractivity contribution in [2.24, 2.45) is 5.73 Å². The van der Waals surface area contributed by atoms with E-state index in [-0.39, 0.29) is 11.6 Å². The third-order valence-electron chi connectivity index (χ3n) is 2.07. The van der Waals surface area contributed by atoms with Gasteiger partial charge in [0.15, 0.2) is 0 Å². The van der Waals surface area contributed by atoms with Crippen molar-refractivity contribution in [2.75, 3.05) is 6.54 Å². The van der Waals surface area contributed by atoms with Crippen LogP contribution in [0.1, 0.15) is 4.88 Å². The largest absolute Gasteiger partial charge is 0.506 e. The van der Waals surface area contributed by atoms with Gasteiger partial charge in [-0.05, 0) is 31.2 Å². The van der Waals surface area contributed by atoms with Crippen molar-refractivity contribution in [3.8, 4) is 5.75 Å². The summed E-state index contributed by atoms with van der Waals surface area (Å²) in [5, 5.41) is 10.5. The highest BCUT2D eigenvalue weighted by Gasteiger charge is 2.10. The Labute approximate surface area is 84.8 Å². The number of aromatic hydroxyl groups is 1. The second kappa shape index (κ2) is 3.55. The highest BCUT2D eigenvalue weighted by molar-refractivity contribution is 7.19. The summed E-state index contributed by atoms with van der Waals surface area (Å²) < 4.78 is 13.6. The normalized spacial score (nSPS) is 11.0. The van der Waals surface area contributed by atoms with E-state index in [1.54, 1.807) is 6.07 Å². The van der Waals surface area contributed by atoms with Crippen LogP contribution in [0.25, 0.3) is 10.1 Å². The van der Waals surface area contributed by atoms with Crippen molar-refractivity contribution in [1.29, 1.82) is 0 Å². The molecule has 0 radical (unpaired) electrons. The number of nitrogens with two attached hydrogens (primary N) is 1. The number of halogens is 1. The standard InChI is InChI=1S/C10H10FNOS/c11-6-1-2-7-9(5-6)14-8(3-4-12)10(7)13/h1-2,5,13H,3-4,12H2. The highest BCUT2D eigenvalue weighted by atomic mass is 32.1. The maximum atomic E-state index is 12.9. The molecule has 1 aromatic carbocycles. The third-order valence-corrected chi connectivity index (χ3v) is 3.27. The van der Waals surface area contributed by atoms with Gasteiger partial charge in [0.25, 0.3) is 0 Å². The molecule has 0 amide bonds. The first-order chi connectivity index (χ1) is 6.72. The fraction of sp³-hybridized carbons (Fsp3) is 0.200. The van der Waals surface area contributed by atoms with Gasteiger partial charge in [-0.15, -0.1) is 11.3 Å². The number of rotatable bonds is 2. The first-order valence-corrected chi connectivity index (χ1v) is 5.14. The number of fused-ring (bicyclic) bond motifs is 1. The van der Waals surface area contributed by atoms with E-state index in [0.29, 0.717) is 18.4 Å². The third kappa shape index (κ3) is 1.47. The average Bonchev–Trinajstić information content (AvgIpc) is 2.44. The lowest BCUT2D eigenvalue weighted by Gasteiger charge is -1.93. The lowest BCUT2D eigenvalue weighted by molar-refractivity contribution is 0.477. The van der Waals surface area contributed by atoms with Crippen LogP contribution in [-0.4, -0.2) is 11.7 Å². The van der Waals surface area contributed by atoms with Crippen LogP contribution in [0.2, 0.25) is 0 Å². The molecule has 1 aromatic heterocycles. The molecular weight excluding hydrogens is 201 g/mol. The summed E-state index contributed by atoms with van der Waals surface area (Å²) in [6, 6.07) is 4.37. The Morgan fingerprint density at radius 1 is 1.43 bits per heavy atom. The van der Waals surface area contributed by atoms with Gasteiger partial charge < -0.3 is 10.8 Å². The van der Waals surface area contributed by atoms with Crippen molar-refractivity contribution < 1.29 is 9.50 Å². The molecule has 0 spiro atoms. The van der Waals surface area contributed by atoms with Gasteiger partial charge in [-0.2, -0.15) is 0 Å². The van der Waals surface area contributed by atoms with Crippen molar-refractivity contribution in [3.05, 3.63) is 28.9 Å². The minimum Gasteiger partial charge on any atom is -0.506 e. The maximum Gasteiger partial charge on any atom is 0.137 e. The first kappa shape index (κ1) is 9.43. The molecule has 1 heterocycles. The van der Waals surface area contributed by atoms with Crippen LogP contribution in [-0.2, 0) is 6.42 Å². The van der Waals surface area contributed by atoms with Crippen LogP contribution in [0.5, 0.6) is 5.75 Å². The van der Waals surface area contributed by atoms with Crippen LogP contribution >= 0.6 is 11.3 Å². The van der Waals surface area contributed by atoms with Gasteiger partial charge in [0.1, 0.15) is 11.6 Å². The molecule has 0 aliphatic heterocycles. The quantitative estimate of drug-likeness (QED) is 0.800. The number of hydrogen-bond donors (Lipinski definition) is 2. The smallest absolute Gasteiger partial charge is 0.137 e. The van der Waals surface area contributed by atoms with E-state index in [1.165, 1.54) is 23.5 Å². The van der Waals surface area contributed by atoms with E-state index < -0.39 is 0 Å². The van der Waals surface area contributed by atoms with Crippen molar-refractivity contribution in [1.82, 2.24) is 0 Å². The molecule has 0 atom stereocenters. The lowest BCUT2D eigenvalue weighted by atomic mass is 10.2. The number of thiophene rings is 1. The van der Waals surface area contributed by atoms with Crippen LogP contribution in [0.15, 0.2) is 18.2 Å². The second-order valence-corrected chi connectivity index (χ2v) is 4.19. The summed E-state index contributed by atoms with van der Waals surface area (Å²) in [5.41, 5.74) is 5.40. The van der Waals surface area contributed by atoms with E-state index in [9.17, 15) is 9.50 Å². The Morgan fingerprint density at radius 2 is 2.21 bits per heavy atom. The summed E-state index contributed by atoms with van der Waals surface area (Å²) in [7, 11) is 0. The summed E-state index contributed by atoms with van der Waals surface area (Å²) in [5.74, 6) is -0.0338. The SMILES string of the molecule is NCCc1sc2cc(F)ccc2c1O. The molecule has 4 heteroatoms. The minimum atomic E-state index is -0.280. The summed E-state index contributed by atoms with van der Waals surface area (Å²) in [4.78, 5) is 0.827. The van der Waals surface area contributed by atoms with Gasteiger partial charge in [-0.3, -0.25) is 0 Å². The van der Waals surface area contributed by atoms with Gasteiger partial charge in [0, 0.05) is 15.0 Å². The van der Waals surface area contributed by atoms with E-state index in [4.69, 9.17) is 5.73 Å². The van der Waals surface area contributed by atoms with Gasteiger partial charge in [-0.1, -0.05) is 0 Å². The average molecular weight is 211 g/mol. The Kier molecular flexibility index (Phi) is 2.39. The highest BCUT2D eigenvalue weighted by Crippen LogP contribution is 2.37. The molecule has 14 heavy (non-hydrogen) atoms. The molecule has 74 valence electrons. The first-order valence-electron chi connectivity index (χ1n) is 4.32. The maximum absolute atomic E-state index is 12.9. The predicted molar refractivity (Wildman–Crippen MR) is 56.2 cm³/mol. The zero-order valence-electron chi connectivity index (χ0n) is 7.46. The molecule has 0 saturated heterocycles. The molecule has 2 aromatic rings. The van der Waals surface area contributed by atoms with Crippen LogP contribution in [0.4, 0.5) is 4.39 Å². The van der Waals surface area contributed by atoms with Crippen molar-refractivity contribution in [2.45, 2.75) is 6.42 Å².